The fourth-order valence-electron chi connectivity index (χ4n) is 2.78. The first-order valence-electron chi connectivity index (χ1n) is 8.79. The van der Waals surface area contributed by atoms with E-state index >= 15 is 0 Å². The Labute approximate surface area is 169 Å². The van der Waals surface area contributed by atoms with Gasteiger partial charge in [-0.15, -0.1) is 0 Å². The molecule has 0 aliphatic heterocycles. The van der Waals surface area contributed by atoms with Gasteiger partial charge in [0.2, 0.25) is 0 Å². The molecular formula is C21H24ClNO5. The van der Waals surface area contributed by atoms with E-state index in [1.54, 1.807) is 42.5 Å². The van der Waals surface area contributed by atoms with Crippen molar-refractivity contribution in [3.8, 4) is 11.5 Å². The largest absolute Gasteiger partial charge is 0.497 e. The molecular weight excluding hydrogens is 382 g/mol. The van der Waals surface area contributed by atoms with Crippen molar-refractivity contribution in [3.63, 3.8) is 0 Å². The Kier molecular flexibility index (Phi) is 7.70. The van der Waals surface area contributed by atoms with E-state index in [1.807, 2.05) is 13.8 Å². The van der Waals surface area contributed by atoms with Gasteiger partial charge >= 0.3 is 5.97 Å². The number of benzene rings is 2. The molecule has 0 radical (unpaired) electrons. The Hall–Kier alpha value is -2.73. The molecule has 0 bridgehead atoms. The Balaban J connectivity index is 2.01. The minimum Gasteiger partial charge on any atom is -0.497 e. The first kappa shape index (κ1) is 21.6. The zero-order valence-corrected chi connectivity index (χ0v) is 17.1. The van der Waals surface area contributed by atoms with Crippen molar-refractivity contribution >= 4 is 29.2 Å². The number of esters is 1. The second kappa shape index (κ2) is 9.99. The molecule has 2 aromatic rings. The van der Waals surface area contributed by atoms with E-state index in [2.05, 4.69) is 5.32 Å². The topological polar surface area (TPSA) is 73.9 Å². The number of hydrogen-bond donors (Lipinski definition) is 1. The summed E-state index contributed by atoms with van der Waals surface area (Å²) in [4.78, 5) is 24.8. The summed E-state index contributed by atoms with van der Waals surface area (Å²) >= 11 is 5.91. The molecule has 0 aliphatic rings. The summed E-state index contributed by atoms with van der Waals surface area (Å²) in [6.45, 7) is 3.44. The quantitative estimate of drug-likeness (QED) is 0.663. The van der Waals surface area contributed by atoms with Gasteiger partial charge in [0.05, 0.1) is 25.8 Å². The Bertz CT molecular complexity index is 820. The van der Waals surface area contributed by atoms with Crippen LogP contribution >= 0.6 is 11.6 Å². The third-order valence-corrected chi connectivity index (χ3v) is 4.43. The lowest BCUT2D eigenvalue weighted by Crippen LogP contribution is -2.26. The van der Waals surface area contributed by atoms with Crippen LogP contribution < -0.4 is 14.8 Å². The SMILES string of the molecule is COc1ccc(NC(=O)COC(=O)[C@@H](c2ccc(Cl)cc2)C(C)C)c(OC)c1. The molecule has 1 atom stereocenters. The van der Waals surface area contributed by atoms with Crippen LogP contribution in [-0.4, -0.2) is 32.7 Å². The van der Waals surface area contributed by atoms with Gasteiger partial charge in [-0.05, 0) is 35.7 Å². The van der Waals surface area contributed by atoms with Gasteiger partial charge in [-0.25, -0.2) is 0 Å². The van der Waals surface area contributed by atoms with Gasteiger partial charge in [-0.3, -0.25) is 9.59 Å². The summed E-state index contributed by atoms with van der Waals surface area (Å²) in [6, 6.07) is 12.0. The van der Waals surface area contributed by atoms with Crippen LogP contribution in [0.5, 0.6) is 11.5 Å². The van der Waals surface area contributed by atoms with Crippen molar-refractivity contribution < 1.29 is 23.8 Å². The molecule has 6 nitrogen and oxygen atoms in total. The summed E-state index contributed by atoms with van der Waals surface area (Å²) in [5.74, 6) is -0.368. The second-order valence-electron chi connectivity index (χ2n) is 6.50. The minimum atomic E-state index is -0.486. The molecule has 28 heavy (non-hydrogen) atoms. The molecule has 0 spiro atoms. The third-order valence-electron chi connectivity index (χ3n) is 4.18. The lowest BCUT2D eigenvalue weighted by atomic mass is 9.88. The molecule has 0 aromatic heterocycles. The molecule has 0 saturated heterocycles. The molecule has 1 amide bonds. The molecule has 2 rings (SSSR count). The number of nitrogens with one attached hydrogen (secondary N) is 1. The van der Waals surface area contributed by atoms with Crippen LogP contribution in [0.3, 0.4) is 0 Å². The van der Waals surface area contributed by atoms with Crippen LogP contribution in [0.1, 0.15) is 25.3 Å². The van der Waals surface area contributed by atoms with Gasteiger partial charge in [0.25, 0.3) is 5.91 Å². The van der Waals surface area contributed by atoms with E-state index in [4.69, 9.17) is 25.8 Å². The van der Waals surface area contributed by atoms with Crippen LogP contribution in [-0.2, 0) is 14.3 Å². The number of carbonyl (C=O) groups excluding carboxylic acids is 2. The zero-order valence-electron chi connectivity index (χ0n) is 16.3. The molecule has 0 heterocycles. The maximum Gasteiger partial charge on any atom is 0.314 e. The van der Waals surface area contributed by atoms with Gasteiger partial charge in [0, 0.05) is 11.1 Å². The van der Waals surface area contributed by atoms with Gasteiger partial charge in [0.15, 0.2) is 6.61 Å². The van der Waals surface area contributed by atoms with Crippen LogP contribution in [0.15, 0.2) is 42.5 Å². The highest BCUT2D eigenvalue weighted by atomic mass is 35.5. The smallest absolute Gasteiger partial charge is 0.314 e. The van der Waals surface area contributed by atoms with Crippen molar-refractivity contribution in [3.05, 3.63) is 53.1 Å². The standard InChI is InChI=1S/C21H24ClNO5/c1-13(2)20(14-5-7-15(22)8-6-14)21(25)28-12-19(24)23-17-10-9-16(26-3)11-18(17)27-4/h5-11,13,20H,12H2,1-4H3,(H,23,24)/t20-/m1/s1. The number of anilines is 1. The summed E-state index contributed by atoms with van der Waals surface area (Å²) in [5, 5.41) is 3.26. The Morgan fingerprint density at radius 2 is 1.71 bits per heavy atom. The minimum absolute atomic E-state index is 0.00146. The monoisotopic (exact) mass is 405 g/mol. The predicted molar refractivity (Wildman–Crippen MR) is 108 cm³/mol. The van der Waals surface area contributed by atoms with Gasteiger partial charge < -0.3 is 19.5 Å². The number of halogens is 1. The fraction of sp³-hybridized carbons (Fsp3) is 0.333. The number of ether oxygens (including phenoxy) is 3. The molecule has 0 unspecified atom stereocenters. The van der Waals surface area contributed by atoms with E-state index in [9.17, 15) is 9.59 Å². The summed E-state index contributed by atoms with van der Waals surface area (Å²) in [7, 11) is 3.03. The summed E-state index contributed by atoms with van der Waals surface area (Å²) in [5.41, 5.74) is 1.25. The predicted octanol–water partition coefficient (Wildman–Crippen LogP) is 4.28. The molecule has 0 aliphatic carbocycles. The normalized spacial score (nSPS) is 11.6. The highest BCUT2D eigenvalue weighted by Crippen LogP contribution is 2.29. The molecule has 0 saturated carbocycles. The number of rotatable bonds is 8. The van der Waals surface area contributed by atoms with Crippen molar-refractivity contribution in [2.75, 3.05) is 26.1 Å². The van der Waals surface area contributed by atoms with E-state index in [0.717, 1.165) is 5.56 Å². The number of carbonyl (C=O) groups is 2. The molecule has 150 valence electrons. The van der Waals surface area contributed by atoms with E-state index in [1.165, 1.54) is 14.2 Å². The van der Waals surface area contributed by atoms with Gasteiger partial charge in [-0.1, -0.05) is 37.6 Å². The molecule has 7 heteroatoms. The first-order chi connectivity index (χ1) is 13.3. The Morgan fingerprint density at radius 3 is 2.29 bits per heavy atom. The summed E-state index contributed by atoms with van der Waals surface area (Å²) < 4.78 is 15.6. The average molecular weight is 406 g/mol. The zero-order chi connectivity index (χ0) is 20.7. The van der Waals surface area contributed by atoms with E-state index in [0.29, 0.717) is 22.2 Å². The maximum atomic E-state index is 12.6. The molecule has 2 aromatic carbocycles. The van der Waals surface area contributed by atoms with Gasteiger partial charge in [0.1, 0.15) is 11.5 Å². The van der Waals surface area contributed by atoms with Crippen molar-refractivity contribution in [1.29, 1.82) is 0 Å². The lowest BCUT2D eigenvalue weighted by molar-refractivity contribution is -0.149. The number of methoxy groups -OCH3 is 2. The van der Waals surface area contributed by atoms with Crippen LogP contribution in [0.2, 0.25) is 5.02 Å². The third kappa shape index (κ3) is 5.63. The average Bonchev–Trinajstić information content (AvgIpc) is 2.68. The molecule has 1 N–H and O–H groups in total. The van der Waals surface area contributed by atoms with Gasteiger partial charge in [-0.2, -0.15) is 0 Å². The van der Waals surface area contributed by atoms with Crippen LogP contribution in [0, 0.1) is 5.92 Å². The lowest BCUT2D eigenvalue weighted by Gasteiger charge is -2.20. The highest BCUT2D eigenvalue weighted by Gasteiger charge is 2.26. The first-order valence-corrected chi connectivity index (χ1v) is 9.17. The van der Waals surface area contributed by atoms with Crippen molar-refractivity contribution in [1.82, 2.24) is 0 Å². The second-order valence-corrected chi connectivity index (χ2v) is 6.93. The van der Waals surface area contributed by atoms with Crippen molar-refractivity contribution in [2.24, 2.45) is 5.92 Å². The van der Waals surface area contributed by atoms with E-state index in [-0.39, 0.29) is 5.92 Å². The number of hydrogen-bond acceptors (Lipinski definition) is 5. The van der Waals surface area contributed by atoms with E-state index < -0.39 is 24.4 Å². The highest BCUT2D eigenvalue weighted by molar-refractivity contribution is 6.30. The van der Waals surface area contributed by atoms with Crippen molar-refractivity contribution in [2.45, 2.75) is 19.8 Å². The maximum absolute atomic E-state index is 12.6. The Morgan fingerprint density at radius 1 is 1.04 bits per heavy atom. The number of amides is 1. The summed E-state index contributed by atoms with van der Waals surface area (Å²) in [6.07, 6.45) is 0. The fourth-order valence-corrected chi connectivity index (χ4v) is 2.90. The van der Waals surface area contributed by atoms with Crippen LogP contribution in [0.25, 0.3) is 0 Å². The van der Waals surface area contributed by atoms with Crippen LogP contribution in [0.4, 0.5) is 5.69 Å². The molecule has 0 fully saturated rings.